The Bertz CT molecular complexity index is 1020. The van der Waals surface area contributed by atoms with Gasteiger partial charge in [0.25, 0.3) is 0 Å². The van der Waals surface area contributed by atoms with Crippen molar-refractivity contribution in [2.45, 2.75) is 13.8 Å². The summed E-state index contributed by atoms with van der Waals surface area (Å²) in [5.41, 5.74) is 1.80. The highest BCUT2D eigenvalue weighted by molar-refractivity contribution is 5.94. The van der Waals surface area contributed by atoms with Gasteiger partial charge in [0, 0.05) is 69.3 Å². The zero-order chi connectivity index (χ0) is 21.1. The van der Waals surface area contributed by atoms with E-state index in [2.05, 4.69) is 44.0 Å². The molecule has 0 unspecified atom stereocenters. The Morgan fingerprint density at radius 3 is 2.47 bits per heavy atom. The lowest BCUT2D eigenvalue weighted by Crippen LogP contribution is -2.49. The standard InChI is InChI=1S/C22H29N7O/c1-16(2)13-28-4-6-29(7-5-28)15-22(30)26-21-9-17-8-20(19-12-25-27(3)14-19)23-10-18(17)11-24-21/h8-12,14,16H,4-7,13,15H2,1-3H3,(H,24,26,30). The Balaban J connectivity index is 1.38. The minimum absolute atomic E-state index is 0.0271. The Morgan fingerprint density at radius 2 is 1.77 bits per heavy atom. The van der Waals surface area contributed by atoms with Crippen molar-refractivity contribution in [1.82, 2.24) is 29.5 Å². The average Bonchev–Trinajstić information content (AvgIpc) is 3.15. The van der Waals surface area contributed by atoms with Gasteiger partial charge in [-0.15, -0.1) is 0 Å². The van der Waals surface area contributed by atoms with Gasteiger partial charge in [-0.3, -0.25) is 19.4 Å². The zero-order valence-electron chi connectivity index (χ0n) is 17.9. The van der Waals surface area contributed by atoms with Crippen molar-refractivity contribution in [2.24, 2.45) is 13.0 Å². The minimum atomic E-state index is -0.0271. The molecule has 4 rings (SSSR count). The highest BCUT2D eigenvalue weighted by Crippen LogP contribution is 2.22. The average molecular weight is 408 g/mol. The topological polar surface area (TPSA) is 79.2 Å². The Morgan fingerprint density at radius 1 is 1.03 bits per heavy atom. The Labute approximate surface area is 176 Å². The number of hydrogen-bond acceptors (Lipinski definition) is 6. The van der Waals surface area contributed by atoms with Gasteiger partial charge in [-0.25, -0.2) is 4.98 Å². The fraction of sp³-hybridized carbons (Fsp3) is 0.455. The van der Waals surface area contributed by atoms with Gasteiger partial charge < -0.3 is 10.2 Å². The molecule has 0 atom stereocenters. The lowest BCUT2D eigenvalue weighted by atomic mass is 10.1. The molecule has 1 aliphatic heterocycles. The number of fused-ring (bicyclic) bond motifs is 1. The molecule has 0 saturated carbocycles. The van der Waals surface area contributed by atoms with E-state index in [-0.39, 0.29) is 5.91 Å². The second-order valence-corrected chi connectivity index (χ2v) is 8.41. The smallest absolute Gasteiger partial charge is 0.239 e. The number of aromatic nitrogens is 4. The van der Waals surface area contributed by atoms with Crippen LogP contribution in [-0.4, -0.2) is 74.7 Å². The largest absolute Gasteiger partial charge is 0.310 e. The third kappa shape index (κ3) is 5.01. The molecule has 3 aromatic rings. The number of carbonyl (C=O) groups excluding carboxylic acids is 1. The first-order valence-electron chi connectivity index (χ1n) is 10.5. The van der Waals surface area contributed by atoms with Gasteiger partial charge in [0.05, 0.1) is 18.4 Å². The number of aryl methyl sites for hydroxylation is 1. The molecule has 0 spiro atoms. The van der Waals surface area contributed by atoms with E-state index in [4.69, 9.17) is 0 Å². The van der Waals surface area contributed by atoms with Crippen LogP contribution in [0.5, 0.6) is 0 Å². The summed E-state index contributed by atoms with van der Waals surface area (Å²) in [6.45, 7) is 9.88. The summed E-state index contributed by atoms with van der Waals surface area (Å²) in [6, 6.07) is 3.90. The molecule has 158 valence electrons. The SMILES string of the molecule is CC(C)CN1CCN(CC(=O)Nc2cc3cc(-c4cnn(C)c4)ncc3cn2)CC1. The predicted molar refractivity (Wildman–Crippen MR) is 118 cm³/mol. The van der Waals surface area contributed by atoms with E-state index in [9.17, 15) is 4.79 Å². The summed E-state index contributed by atoms with van der Waals surface area (Å²) in [5.74, 6) is 1.21. The fourth-order valence-electron chi connectivity index (χ4n) is 3.85. The summed E-state index contributed by atoms with van der Waals surface area (Å²) < 4.78 is 1.75. The second-order valence-electron chi connectivity index (χ2n) is 8.41. The highest BCUT2D eigenvalue weighted by Gasteiger charge is 2.19. The number of hydrogen-bond donors (Lipinski definition) is 1. The number of piperazine rings is 1. The maximum atomic E-state index is 12.5. The molecule has 0 radical (unpaired) electrons. The monoisotopic (exact) mass is 407 g/mol. The van der Waals surface area contributed by atoms with Crippen LogP contribution in [0, 0.1) is 5.92 Å². The van der Waals surface area contributed by atoms with Crippen LogP contribution < -0.4 is 5.32 Å². The van der Waals surface area contributed by atoms with Crippen LogP contribution in [-0.2, 0) is 11.8 Å². The van der Waals surface area contributed by atoms with Crippen LogP contribution in [0.1, 0.15) is 13.8 Å². The molecular weight excluding hydrogens is 378 g/mol. The number of amides is 1. The van der Waals surface area contributed by atoms with E-state index < -0.39 is 0 Å². The summed E-state index contributed by atoms with van der Waals surface area (Å²) >= 11 is 0. The molecule has 1 fully saturated rings. The van der Waals surface area contributed by atoms with Crippen LogP contribution in [0.3, 0.4) is 0 Å². The van der Waals surface area contributed by atoms with E-state index in [1.54, 1.807) is 23.3 Å². The molecule has 4 heterocycles. The van der Waals surface area contributed by atoms with Gasteiger partial charge in [0.2, 0.25) is 5.91 Å². The molecule has 8 heteroatoms. The first-order valence-corrected chi connectivity index (χ1v) is 10.5. The van der Waals surface area contributed by atoms with Crippen LogP contribution in [0.4, 0.5) is 5.82 Å². The van der Waals surface area contributed by atoms with Gasteiger partial charge in [0.1, 0.15) is 5.82 Å². The first kappa shape index (κ1) is 20.4. The molecule has 0 aliphatic carbocycles. The second kappa shape index (κ2) is 8.89. The quantitative estimate of drug-likeness (QED) is 0.675. The van der Waals surface area contributed by atoms with Crippen molar-refractivity contribution in [3.05, 3.63) is 36.9 Å². The van der Waals surface area contributed by atoms with E-state index in [0.29, 0.717) is 18.3 Å². The molecule has 1 saturated heterocycles. The highest BCUT2D eigenvalue weighted by atomic mass is 16.2. The third-order valence-corrected chi connectivity index (χ3v) is 5.33. The summed E-state index contributed by atoms with van der Waals surface area (Å²) in [5, 5.41) is 9.06. The lowest BCUT2D eigenvalue weighted by molar-refractivity contribution is -0.117. The van der Waals surface area contributed by atoms with E-state index >= 15 is 0 Å². The molecule has 30 heavy (non-hydrogen) atoms. The summed E-state index contributed by atoms with van der Waals surface area (Å²) in [4.78, 5) is 26.1. The van der Waals surface area contributed by atoms with E-state index in [0.717, 1.165) is 54.8 Å². The number of rotatable bonds is 6. The number of nitrogens with zero attached hydrogens (tertiary/aromatic N) is 6. The van der Waals surface area contributed by atoms with Gasteiger partial charge in [-0.2, -0.15) is 5.10 Å². The van der Waals surface area contributed by atoms with E-state index in [1.807, 2.05) is 25.4 Å². The Kier molecular flexibility index (Phi) is 6.06. The summed E-state index contributed by atoms with van der Waals surface area (Å²) in [6.07, 6.45) is 7.26. The number of carbonyl (C=O) groups is 1. The molecular formula is C22H29N7O. The van der Waals surface area contributed by atoms with Gasteiger partial charge in [0.15, 0.2) is 0 Å². The van der Waals surface area contributed by atoms with Crippen LogP contribution in [0.25, 0.3) is 22.0 Å². The Hall–Kier alpha value is -2.84. The molecule has 8 nitrogen and oxygen atoms in total. The van der Waals surface area contributed by atoms with Crippen LogP contribution in [0.2, 0.25) is 0 Å². The van der Waals surface area contributed by atoms with Gasteiger partial charge >= 0.3 is 0 Å². The van der Waals surface area contributed by atoms with Crippen LogP contribution in [0.15, 0.2) is 36.9 Å². The maximum Gasteiger partial charge on any atom is 0.239 e. The van der Waals surface area contributed by atoms with Crippen molar-refractivity contribution >= 4 is 22.5 Å². The minimum Gasteiger partial charge on any atom is -0.310 e. The maximum absolute atomic E-state index is 12.5. The molecule has 3 aromatic heterocycles. The van der Waals surface area contributed by atoms with Crippen molar-refractivity contribution in [2.75, 3.05) is 44.6 Å². The predicted octanol–water partition coefficient (Wildman–Crippen LogP) is 2.24. The molecule has 1 N–H and O–H groups in total. The first-order chi connectivity index (χ1) is 14.5. The van der Waals surface area contributed by atoms with Crippen molar-refractivity contribution in [3.63, 3.8) is 0 Å². The third-order valence-electron chi connectivity index (χ3n) is 5.33. The van der Waals surface area contributed by atoms with Crippen LogP contribution >= 0.6 is 0 Å². The van der Waals surface area contributed by atoms with Gasteiger partial charge in [-0.05, 0) is 23.4 Å². The molecule has 0 aromatic carbocycles. The van der Waals surface area contributed by atoms with Gasteiger partial charge in [-0.1, -0.05) is 13.8 Å². The number of anilines is 1. The lowest BCUT2D eigenvalue weighted by Gasteiger charge is -2.35. The van der Waals surface area contributed by atoms with E-state index in [1.165, 1.54) is 0 Å². The van der Waals surface area contributed by atoms with Crippen molar-refractivity contribution in [3.8, 4) is 11.3 Å². The fourth-order valence-corrected chi connectivity index (χ4v) is 3.85. The molecule has 0 bridgehead atoms. The van der Waals surface area contributed by atoms with Crippen molar-refractivity contribution < 1.29 is 4.79 Å². The number of pyridine rings is 2. The normalized spacial score (nSPS) is 15.7. The molecule has 1 amide bonds. The van der Waals surface area contributed by atoms with Crippen molar-refractivity contribution in [1.29, 1.82) is 0 Å². The molecule has 1 aliphatic rings. The number of nitrogens with one attached hydrogen (secondary N) is 1. The zero-order valence-corrected chi connectivity index (χ0v) is 17.9. The summed E-state index contributed by atoms with van der Waals surface area (Å²) in [7, 11) is 1.88.